The standard InChI is InChI=1S/C100H121Cl3N14O30/c1-44(2)30-63(117(7)98(136)139-43-138-95(135)61(13-9-11-29-105)110-87(126)60(106)12-8-10-28-104)89(128)115-77-79(121)51-22-26-65(58(102)32-51)141-67-34-53-35-68-83(67)147-96-84(145-72-40-100(6,85(124)46(4)140-72)109-41-47-15-18-48(19-16-47)49-20-24-54(101)25-21-49)81(123)80(122)69(143-96)42-137-97-86(125)99(5,108)39-71(146-97)144-82(52-23-27-66(142-68)59(103)33-52)78-93(132)114-76(94(133)134)57-36-55(118)37-64(119)73(57)56-31-50(17-14-45(56)3)74(90(129)116-78)113-91(130)75(53)112-88(127)62(38-70(107)120)111-92(77)131/h14-27,31-37,44,46,60-63,69,71-72,74-82,84-86,96-97,109,118-119,121-125H,8-13,28-30,38-43,104-106,108H2,1-7H3,(H2,107,120)(H,110,126)(H,111,131)(H,112,127)(H,113,130)(H,114,132)(H,115,128)(H,116,129)(H,133,134)/t46-,60+,61-,62-,63+,69+,71+,72-,74+,75+,76+,77+,78-,79+,80+,81-,82+,84+,85-,86-,96-,97+,99-,100-/m0/s1. The molecule has 10 aliphatic rings. The first-order valence-electron chi connectivity index (χ1n) is 47.8. The number of unbranched alkanes of at least 4 members (excludes halogenated alkanes) is 2. The average molecular weight is 2110 g/mol. The number of esters is 1. The number of carbonyl (C=O) groups is 11. The lowest BCUT2D eigenvalue weighted by Crippen LogP contribution is -2.66. The highest BCUT2D eigenvalue weighted by molar-refractivity contribution is 6.32. The van der Waals surface area contributed by atoms with Gasteiger partial charge in [-0.15, -0.1) is 0 Å². The molecule has 17 rings (SSSR count). The Labute approximate surface area is 858 Å². The molecule has 0 saturated carbocycles. The van der Waals surface area contributed by atoms with Gasteiger partial charge in [0.25, 0.3) is 0 Å². The minimum Gasteiger partial charge on any atom is -0.508 e. The highest BCUT2D eigenvalue weighted by Crippen LogP contribution is 2.51. The Hall–Kier alpha value is -12.3. The monoisotopic (exact) mass is 2100 g/mol. The van der Waals surface area contributed by atoms with Gasteiger partial charge in [0.05, 0.1) is 41.3 Å². The predicted octanol–water partition coefficient (Wildman–Crippen LogP) is 4.49. The maximum absolute atomic E-state index is 16.8. The van der Waals surface area contributed by atoms with Gasteiger partial charge in [-0.3, -0.25) is 43.3 Å². The number of halogens is 3. The van der Waals surface area contributed by atoms with Crippen molar-refractivity contribution in [1.29, 1.82) is 0 Å². The van der Waals surface area contributed by atoms with Crippen LogP contribution in [0, 0.1) is 12.8 Å². The lowest BCUT2D eigenvalue weighted by Gasteiger charge is -2.49. The van der Waals surface area contributed by atoms with Crippen molar-refractivity contribution in [1.82, 2.24) is 47.4 Å². The van der Waals surface area contributed by atoms with Crippen molar-refractivity contribution in [3.8, 4) is 62.5 Å². The Morgan fingerprint density at radius 3 is 1.92 bits per heavy atom. The van der Waals surface area contributed by atoms with E-state index in [4.69, 9.17) is 116 Å². The number of phenols is 2. The zero-order valence-corrected chi connectivity index (χ0v) is 83.3. The van der Waals surface area contributed by atoms with Crippen LogP contribution in [0.2, 0.25) is 15.1 Å². The zero-order valence-electron chi connectivity index (χ0n) is 81.0. The number of hydrogen-bond acceptors (Lipinski definition) is 34. The fourth-order valence-electron chi connectivity index (χ4n) is 18.5. The molecular formula is C100H121Cl3N14O30. The van der Waals surface area contributed by atoms with Gasteiger partial charge in [-0.1, -0.05) is 116 Å². The van der Waals surface area contributed by atoms with Gasteiger partial charge in [-0.2, -0.15) is 0 Å². The molecule has 3 saturated heterocycles. The number of primary amides is 1. The van der Waals surface area contributed by atoms with Crippen LogP contribution in [0.3, 0.4) is 0 Å². The van der Waals surface area contributed by atoms with E-state index in [1.165, 1.54) is 50.2 Å². The number of rotatable bonds is 27. The maximum Gasteiger partial charge on any atom is 0.413 e. The number of likely N-dealkylation sites (N-methyl/N-ethyl adjacent to an activating group) is 1. The number of carbonyl (C=O) groups excluding carboxylic acids is 10. The smallest absolute Gasteiger partial charge is 0.413 e. The first-order chi connectivity index (χ1) is 69.8. The second-order valence-corrected chi connectivity index (χ2v) is 39.6. The molecule has 44 nitrogen and oxygen atoms in total. The van der Waals surface area contributed by atoms with Gasteiger partial charge in [-0.25, -0.2) is 14.4 Å². The summed E-state index contributed by atoms with van der Waals surface area (Å²) in [6, 6.07) is 11.9. The van der Waals surface area contributed by atoms with Crippen LogP contribution in [0.4, 0.5) is 4.79 Å². The number of ether oxygens (including phenoxy) is 11. The summed E-state index contributed by atoms with van der Waals surface area (Å²) in [5.74, 6) is -18.1. The molecule has 0 aromatic heterocycles. The molecule has 0 radical (unpaired) electrons. The number of nitrogens with zero attached hydrogens (tertiary/aromatic N) is 1. The molecule has 47 heteroatoms. The van der Waals surface area contributed by atoms with Crippen molar-refractivity contribution in [2.45, 2.75) is 258 Å². The second kappa shape index (κ2) is 47.5. The minimum absolute atomic E-state index is 0.0411. The van der Waals surface area contributed by atoms with E-state index in [1.807, 2.05) is 36.4 Å². The topological polar surface area (TPSA) is 681 Å². The van der Waals surface area contributed by atoms with Gasteiger partial charge in [-0.05, 0) is 196 Å². The Kier molecular flexibility index (Phi) is 35.7. The van der Waals surface area contributed by atoms with E-state index in [0.717, 1.165) is 71.1 Å². The van der Waals surface area contributed by atoms with E-state index in [-0.39, 0.29) is 72.2 Å². The van der Waals surface area contributed by atoms with Crippen LogP contribution in [0.25, 0.3) is 22.3 Å². The molecule has 7 aromatic rings. The SMILES string of the molecule is Cc1ccc2cc1-c1c(O)cc(O)cc1[C@H](C(=O)O)NC(=O)[C@H]1NC(=O)[C@@H]2NC(=O)[C@@H]2NC(=O)[C@H](CC(N)=O)NC(=O)[C@H](NC(=O)[C@@H](CC(C)C)N(C)C(=O)OCOC(=O)[C@H](CCCCN)NC(=O)[C@H](N)CCCCN)[C@H](O)c3ccc(c(Cl)c3)Oc3cc2cc2c3O[C@@H]3O[C@H](CO[C@@H]4O[C@H](C[C@](C)(N)[C@H]4O)O[C@@H]1c1ccc(c(Cl)c1)O2)[C@@H](O)[C@H](O)[C@H]3O[C@H]1C[C@](C)(NCc2ccc(-c3ccc(Cl)cc3)cc2)[C@@H](O)[C@H](C)O1. The summed E-state index contributed by atoms with van der Waals surface area (Å²) in [4.78, 5) is 166. The molecule has 0 aliphatic carbocycles. The molecule has 3 fully saturated rings. The summed E-state index contributed by atoms with van der Waals surface area (Å²) in [7, 11) is 1.12. The Bertz CT molecular complexity index is 6040. The van der Waals surface area contributed by atoms with Gasteiger partial charge in [0.15, 0.2) is 42.5 Å². The highest BCUT2D eigenvalue weighted by Gasteiger charge is 2.55. The van der Waals surface area contributed by atoms with Gasteiger partial charge in [0, 0.05) is 59.7 Å². The summed E-state index contributed by atoms with van der Waals surface area (Å²) >= 11 is 21.1. The third kappa shape index (κ3) is 25.8. The minimum atomic E-state index is -2.44. The summed E-state index contributed by atoms with van der Waals surface area (Å²) in [5.41, 5.74) is 27.9. The number of aromatic hydroxyl groups is 2. The quantitative estimate of drug-likeness (QED) is 0.0191. The van der Waals surface area contributed by atoms with Gasteiger partial charge < -0.3 is 164 Å². The van der Waals surface area contributed by atoms with Crippen LogP contribution in [0.15, 0.2) is 127 Å². The van der Waals surface area contributed by atoms with Crippen LogP contribution in [-0.4, -0.2) is 260 Å². The van der Waals surface area contributed by atoms with Crippen LogP contribution < -0.4 is 85.4 Å². The van der Waals surface area contributed by atoms with Gasteiger partial charge in [0.1, 0.15) is 102 Å². The van der Waals surface area contributed by atoms with Crippen LogP contribution in [0.5, 0.6) is 40.2 Å². The summed E-state index contributed by atoms with van der Waals surface area (Å²) in [6.07, 6.45) is -25.4. The number of benzene rings is 7. The molecule has 7 aromatic carbocycles. The number of carboxylic acid groups (broad SMARTS) is 1. The molecule has 16 bridgehead atoms. The first-order valence-corrected chi connectivity index (χ1v) is 48.9. The second-order valence-electron chi connectivity index (χ2n) is 38.3. The van der Waals surface area contributed by atoms with Crippen molar-refractivity contribution >= 4 is 100 Å². The van der Waals surface area contributed by atoms with Gasteiger partial charge >= 0.3 is 18.0 Å². The van der Waals surface area contributed by atoms with Crippen LogP contribution in [0.1, 0.15) is 168 Å². The molecule has 147 heavy (non-hydrogen) atoms. The zero-order chi connectivity index (χ0) is 106. The number of aliphatic hydroxyl groups excluding tert-OH is 5. The molecule has 9 amide bonds. The number of aryl methyl sites for hydroxylation is 1. The third-order valence-electron chi connectivity index (χ3n) is 26.8. The first kappa shape index (κ1) is 110. The summed E-state index contributed by atoms with van der Waals surface area (Å²) in [6.45, 7) is 8.27. The summed E-state index contributed by atoms with van der Waals surface area (Å²) in [5, 5.41) is 118. The number of aliphatic hydroxyl groups is 5. The molecule has 24 atom stereocenters. The Balaban J connectivity index is 0.922. The van der Waals surface area contributed by atoms with E-state index in [0.29, 0.717) is 37.3 Å². The van der Waals surface area contributed by atoms with Crippen molar-refractivity contribution in [3.63, 3.8) is 0 Å². The van der Waals surface area contributed by atoms with E-state index in [1.54, 1.807) is 39.8 Å². The molecule has 10 heterocycles. The van der Waals surface area contributed by atoms with E-state index in [2.05, 4.69) is 42.5 Å². The lowest BCUT2D eigenvalue weighted by molar-refractivity contribution is -0.351. The van der Waals surface area contributed by atoms with Gasteiger partial charge in [0.2, 0.25) is 66.1 Å². The van der Waals surface area contributed by atoms with Crippen molar-refractivity contribution in [2.75, 3.05) is 33.5 Å². The molecule has 26 N–H and O–H groups in total. The van der Waals surface area contributed by atoms with Crippen LogP contribution in [-0.2, 0) is 92.4 Å². The Morgan fingerprint density at radius 2 is 1.27 bits per heavy atom. The number of phenolic OH excluding ortho intramolecular Hbond substituents is 2. The van der Waals surface area contributed by atoms with E-state index >= 15 is 28.8 Å². The normalized spacial score (nSPS) is 27.8. The summed E-state index contributed by atoms with van der Waals surface area (Å²) < 4.78 is 71.4. The fraction of sp³-hybridized carbons (Fsp3) is 0.470. The molecular weight excluding hydrogens is 1980 g/mol. The number of nitrogens with two attached hydrogens (primary N) is 5. The number of nitrogens with one attached hydrogen (secondary N) is 8. The lowest BCUT2D eigenvalue weighted by atomic mass is 9.84. The van der Waals surface area contributed by atoms with Crippen molar-refractivity contribution in [2.24, 2.45) is 34.6 Å². The molecule has 10 aliphatic heterocycles. The van der Waals surface area contributed by atoms with Crippen LogP contribution >= 0.6 is 34.8 Å². The molecule has 0 unspecified atom stereocenters. The number of amides is 9. The molecule has 0 spiro atoms. The highest BCUT2D eigenvalue weighted by atomic mass is 35.5. The maximum atomic E-state index is 16.8. The number of hydrogen-bond donors (Lipinski definition) is 21. The average Bonchev–Trinajstić information content (AvgIpc) is 0.759. The third-order valence-corrected chi connectivity index (χ3v) is 27.6. The number of fused-ring (bicyclic) bond motifs is 14. The fourth-order valence-corrected chi connectivity index (χ4v) is 19.1. The Morgan fingerprint density at radius 1 is 0.646 bits per heavy atom. The van der Waals surface area contributed by atoms with Crippen molar-refractivity contribution in [3.05, 3.63) is 181 Å². The predicted molar refractivity (Wildman–Crippen MR) is 523 cm³/mol. The number of carboxylic acids is 1. The number of aliphatic carboxylic acids is 1. The van der Waals surface area contributed by atoms with Crippen molar-refractivity contribution < 1.29 is 146 Å². The van der Waals surface area contributed by atoms with E-state index in [9.17, 15) is 64.8 Å². The molecule has 792 valence electrons. The van der Waals surface area contributed by atoms with E-state index < -0.39 is 304 Å². The largest absolute Gasteiger partial charge is 0.508 e.